The Hall–Kier alpha value is -1.75. The number of piperazine rings is 1. The molecule has 0 saturated carbocycles. The lowest BCUT2D eigenvalue weighted by Crippen LogP contribution is -3.16. The lowest BCUT2D eigenvalue weighted by molar-refractivity contribution is -0.903. The van der Waals surface area contributed by atoms with Gasteiger partial charge in [-0.15, -0.1) is 0 Å². The molecule has 28 heavy (non-hydrogen) atoms. The highest BCUT2D eigenvalue weighted by molar-refractivity contribution is 6.30. The van der Waals surface area contributed by atoms with Crippen molar-refractivity contribution < 1.29 is 14.7 Å². The maximum absolute atomic E-state index is 10.4. The Morgan fingerprint density at radius 1 is 1.11 bits per heavy atom. The number of benzene rings is 2. The average molecular weight is 404 g/mol. The predicted molar refractivity (Wildman–Crippen MR) is 116 cm³/mol. The van der Waals surface area contributed by atoms with Crippen LogP contribution in [0.15, 0.2) is 48.5 Å². The summed E-state index contributed by atoms with van der Waals surface area (Å²) in [5.41, 5.74) is 2.59. The maximum atomic E-state index is 10.4. The molecule has 0 spiro atoms. The number of quaternary nitrogens is 1. The van der Waals surface area contributed by atoms with Crippen molar-refractivity contribution in [2.75, 3.05) is 44.2 Å². The molecule has 2 N–H and O–H groups in total. The van der Waals surface area contributed by atoms with Crippen LogP contribution in [0.1, 0.15) is 26.3 Å². The van der Waals surface area contributed by atoms with E-state index < -0.39 is 6.10 Å². The average Bonchev–Trinajstić information content (AvgIpc) is 2.67. The van der Waals surface area contributed by atoms with Gasteiger partial charge < -0.3 is 19.6 Å². The number of nitrogens with zero attached hydrogens (tertiary/aromatic N) is 1. The first-order valence-electron chi connectivity index (χ1n) is 10.1. The van der Waals surface area contributed by atoms with Gasteiger partial charge in [-0.3, -0.25) is 0 Å². The fourth-order valence-electron chi connectivity index (χ4n) is 3.59. The van der Waals surface area contributed by atoms with Crippen LogP contribution in [0.25, 0.3) is 0 Å². The van der Waals surface area contributed by atoms with Crippen LogP contribution in [0.5, 0.6) is 5.75 Å². The van der Waals surface area contributed by atoms with E-state index in [1.165, 1.54) is 16.2 Å². The van der Waals surface area contributed by atoms with Crippen LogP contribution in [0.4, 0.5) is 5.69 Å². The Labute approximate surface area is 173 Å². The Balaban J connectivity index is 1.41. The number of rotatable bonds is 6. The van der Waals surface area contributed by atoms with E-state index in [9.17, 15) is 5.11 Å². The maximum Gasteiger partial charge on any atom is 0.137 e. The van der Waals surface area contributed by atoms with Crippen LogP contribution in [0, 0.1) is 0 Å². The molecule has 1 fully saturated rings. The van der Waals surface area contributed by atoms with Crippen LogP contribution in [-0.4, -0.2) is 50.5 Å². The van der Waals surface area contributed by atoms with Crippen LogP contribution >= 0.6 is 11.6 Å². The lowest BCUT2D eigenvalue weighted by atomic mass is 9.87. The van der Waals surface area contributed by atoms with Gasteiger partial charge in [0.25, 0.3) is 0 Å². The summed E-state index contributed by atoms with van der Waals surface area (Å²) in [6, 6.07) is 16.2. The van der Waals surface area contributed by atoms with E-state index in [-0.39, 0.29) is 5.41 Å². The summed E-state index contributed by atoms with van der Waals surface area (Å²) in [6.07, 6.45) is -0.463. The molecule has 0 unspecified atom stereocenters. The molecule has 0 amide bonds. The van der Waals surface area contributed by atoms with Crippen molar-refractivity contribution >= 4 is 17.3 Å². The molecule has 152 valence electrons. The van der Waals surface area contributed by atoms with Gasteiger partial charge in [-0.2, -0.15) is 0 Å². The van der Waals surface area contributed by atoms with E-state index in [2.05, 4.69) is 43.9 Å². The zero-order chi connectivity index (χ0) is 20.1. The van der Waals surface area contributed by atoms with Crippen molar-refractivity contribution in [1.29, 1.82) is 0 Å². The Morgan fingerprint density at radius 3 is 2.39 bits per heavy atom. The van der Waals surface area contributed by atoms with Crippen LogP contribution in [-0.2, 0) is 5.41 Å². The number of nitrogens with one attached hydrogen (secondary N) is 1. The third-order valence-corrected chi connectivity index (χ3v) is 5.57. The molecule has 4 nitrogen and oxygen atoms in total. The van der Waals surface area contributed by atoms with Gasteiger partial charge in [-0.1, -0.05) is 50.6 Å². The summed E-state index contributed by atoms with van der Waals surface area (Å²) >= 11 is 6.10. The normalized spacial score (nSPS) is 16.8. The Kier molecular flexibility index (Phi) is 6.86. The van der Waals surface area contributed by atoms with Crippen molar-refractivity contribution in [2.24, 2.45) is 0 Å². The predicted octanol–water partition coefficient (Wildman–Crippen LogP) is 2.78. The zero-order valence-electron chi connectivity index (χ0n) is 17.1. The molecule has 2 aromatic rings. The number of aliphatic hydroxyl groups is 1. The van der Waals surface area contributed by atoms with Gasteiger partial charge >= 0.3 is 0 Å². The largest absolute Gasteiger partial charge is 0.491 e. The second-order valence-electron chi connectivity index (χ2n) is 8.66. The molecular formula is C23H32ClN2O2+. The molecule has 5 heteroatoms. The van der Waals surface area contributed by atoms with E-state index in [0.717, 1.165) is 37.0 Å². The monoisotopic (exact) mass is 403 g/mol. The number of aliphatic hydroxyl groups excluding tert-OH is 1. The second-order valence-corrected chi connectivity index (χ2v) is 9.10. The van der Waals surface area contributed by atoms with Gasteiger partial charge in [0.1, 0.15) is 25.0 Å². The smallest absolute Gasteiger partial charge is 0.137 e. The highest BCUT2D eigenvalue weighted by Crippen LogP contribution is 2.24. The zero-order valence-corrected chi connectivity index (χ0v) is 17.9. The third-order valence-electron chi connectivity index (χ3n) is 5.33. The van der Waals surface area contributed by atoms with Gasteiger partial charge in [0, 0.05) is 10.7 Å². The van der Waals surface area contributed by atoms with E-state index in [4.69, 9.17) is 16.3 Å². The first kappa shape index (κ1) is 21.0. The standard InChI is InChI=1S/C23H31ClN2O2/c1-23(2,3)18-7-9-22(10-8-18)28-17-21(27)16-25-11-13-26(14-12-25)20-6-4-5-19(24)15-20/h4-10,15,21,27H,11-14,16-17H2,1-3H3/p+1/t21-/m0/s1. The number of anilines is 1. The number of halogens is 1. The number of ether oxygens (including phenoxy) is 1. The van der Waals surface area contributed by atoms with Crippen LogP contribution < -0.4 is 14.5 Å². The summed E-state index contributed by atoms with van der Waals surface area (Å²) < 4.78 is 5.79. The first-order valence-corrected chi connectivity index (χ1v) is 10.4. The summed E-state index contributed by atoms with van der Waals surface area (Å²) in [5, 5.41) is 11.2. The quantitative estimate of drug-likeness (QED) is 0.778. The summed E-state index contributed by atoms with van der Waals surface area (Å²) in [6.45, 7) is 11.6. The Morgan fingerprint density at radius 2 is 1.79 bits per heavy atom. The van der Waals surface area contributed by atoms with Crippen molar-refractivity contribution in [3.05, 3.63) is 59.1 Å². The molecule has 0 radical (unpaired) electrons. The van der Waals surface area contributed by atoms with E-state index >= 15 is 0 Å². The van der Waals surface area contributed by atoms with Crippen LogP contribution in [0.3, 0.4) is 0 Å². The molecule has 2 aromatic carbocycles. The summed E-state index contributed by atoms with van der Waals surface area (Å²) in [5.74, 6) is 0.813. The third kappa shape index (κ3) is 5.87. The molecule has 1 aliphatic heterocycles. The first-order chi connectivity index (χ1) is 13.3. The molecule has 3 rings (SSSR count). The molecule has 0 aromatic heterocycles. The minimum absolute atomic E-state index is 0.134. The van der Waals surface area contributed by atoms with E-state index in [0.29, 0.717) is 13.2 Å². The molecule has 0 aliphatic carbocycles. The molecule has 1 aliphatic rings. The van der Waals surface area contributed by atoms with Gasteiger partial charge in [-0.25, -0.2) is 0 Å². The van der Waals surface area contributed by atoms with Gasteiger partial charge in [0.2, 0.25) is 0 Å². The van der Waals surface area contributed by atoms with Crippen molar-refractivity contribution in [3.8, 4) is 5.75 Å². The highest BCUT2D eigenvalue weighted by Gasteiger charge is 2.23. The van der Waals surface area contributed by atoms with Crippen LogP contribution in [0.2, 0.25) is 5.02 Å². The molecule has 1 atom stereocenters. The van der Waals surface area contributed by atoms with Gasteiger partial charge in [-0.05, 0) is 41.3 Å². The van der Waals surface area contributed by atoms with E-state index in [1.807, 2.05) is 30.3 Å². The number of hydrogen-bond donors (Lipinski definition) is 2. The molecular weight excluding hydrogens is 372 g/mol. The lowest BCUT2D eigenvalue weighted by Gasteiger charge is -2.34. The van der Waals surface area contributed by atoms with Gasteiger partial charge in [0.05, 0.1) is 26.2 Å². The second kappa shape index (κ2) is 9.17. The minimum Gasteiger partial charge on any atom is -0.491 e. The fourth-order valence-corrected chi connectivity index (χ4v) is 3.78. The van der Waals surface area contributed by atoms with Crippen molar-refractivity contribution in [1.82, 2.24) is 0 Å². The molecule has 0 bridgehead atoms. The summed E-state index contributed by atoms with van der Waals surface area (Å²) in [7, 11) is 0. The van der Waals surface area contributed by atoms with Gasteiger partial charge in [0.15, 0.2) is 0 Å². The fraction of sp³-hybridized carbons (Fsp3) is 0.478. The van der Waals surface area contributed by atoms with E-state index in [1.54, 1.807) is 0 Å². The Bertz CT molecular complexity index is 750. The SMILES string of the molecule is CC(C)(C)c1ccc(OC[C@@H](O)C[NH+]2CCN(c3cccc(Cl)c3)CC2)cc1. The molecule has 1 saturated heterocycles. The topological polar surface area (TPSA) is 37.1 Å². The van der Waals surface area contributed by atoms with Crippen molar-refractivity contribution in [3.63, 3.8) is 0 Å². The highest BCUT2D eigenvalue weighted by atomic mass is 35.5. The summed E-state index contributed by atoms with van der Waals surface area (Å²) in [4.78, 5) is 3.77. The minimum atomic E-state index is -0.463. The molecule has 1 heterocycles. The number of hydrogen-bond acceptors (Lipinski definition) is 3. The van der Waals surface area contributed by atoms with Crippen molar-refractivity contribution in [2.45, 2.75) is 32.3 Å².